The molecule has 3 heteroatoms. The van der Waals surface area contributed by atoms with Crippen LogP contribution in [0.3, 0.4) is 0 Å². The predicted molar refractivity (Wildman–Crippen MR) is 53.0 cm³/mol. The molecule has 0 saturated heterocycles. The molecule has 66 valence electrons. The molecular formula is C9H9BrClF. The fourth-order valence-corrected chi connectivity index (χ4v) is 2.14. The van der Waals surface area contributed by atoms with Gasteiger partial charge in [-0.25, -0.2) is 4.39 Å². The van der Waals surface area contributed by atoms with Crippen LogP contribution in [0.25, 0.3) is 0 Å². The zero-order chi connectivity index (χ0) is 9.14. The van der Waals surface area contributed by atoms with Gasteiger partial charge in [-0.1, -0.05) is 22.9 Å². The molecule has 1 aromatic carbocycles. The van der Waals surface area contributed by atoms with Crippen molar-refractivity contribution in [1.82, 2.24) is 0 Å². The number of halogens is 3. The molecule has 0 N–H and O–H groups in total. The van der Waals surface area contributed by atoms with E-state index in [4.69, 9.17) is 11.6 Å². The van der Waals surface area contributed by atoms with Gasteiger partial charge in [0.05, 0.1) is 0 Å². The van der Waals surface area contributed by atoms with E-state index in [-0.39, 0.29) is 5.82 Å². The van der Waals surface area contributed by atoms with E-state index in [2.05, 4.69) is 15.9 Å². The summed E-state index contributed by atoms with van der Waals surface area (Å²) in [5.74, 6) is 0.179. The van der Waals surface area contributed by atoms with E-state index in [0.717, 1.165) is 10.0 Å². The Morgan fingerprint density at radius 2 is 2.08 bits per heavy atom. The van der Waals surface area contributed by atoms with Crippen LogP contribution >= 0.6 is 27.5 Å². The lowest BCUT2D eigenvalue weighted by Gasteiger charge is -2.07. The van der Waals surface area contributed by atoms with Gasteiger partial charge in [-0.3, -0.25) is 0 Å². The molecule has 0 amide bonds. The summed E-state index contributed by atoms with van der Waals surface area (Å²) < 4.78 is 14.0. The Morgan fingerprint density at radius 3 is 2.50 bits per heavy atom. The molecule has 0 saturated carbocycles. The minimum absolute atomic E-state index is 0.170. The van der Waals surface area contributed by atoms with Gasteiger partial charge in [0.1, 0.15) is 5.82 Å². The van der Waals surface area contributed by atoms with Crippen LogP contribution in [0.1, 0.15) is 18.1 Å². The summed E-state index contributed by atoms with van der Waals surface area (Å²) in [6.45, 7) is 1.92. The van der Waals surface area contributed by atoms with Crippen molar-refractivity contribution in [3.63, 3.8) is 0 Å². The molecule has 12 heavy (non-hydrogen) atoms. The molecule has 0 atom stereocenters. The van der Waals surface area contributed by atoms with Crippen LogP contribution in [-0.2, 0) is 12.3 Å². The minimum Gasteiger partial charge on any atom is -0.207 e. The van der Waals surface area contributed by atoms with Gasteiger partial charge >= 0.3 is 0 Å². The summed E-state index contributed by atoms with van der Waals surface area (Å²) in [7, 11) is 0. The average molecular weight is 252 g/mol. The van der Waals surface area contributed by atoms with Crippen LogP contribution in [0.5, 0.6) is 0 Å². The molecule has 0 aliphatic carbocycles. The highest BCUT2D eigenvalue weighted by Crippen LogP contribution is 2.25. The maximum atomic E-state index is 13.1. The second kappa shape index (κ2) is 4.24. The Hall–Kier alpha value is -0.0800. The number of hydrogen-bond donors (Lipinski definition) is 0. The third-order valence-corrected chi connectivity index (χ3v) is 2.81. The molecule has 1 rings (SSSR count). The van der Waals surface area contributed by atoms with Crippen LogP contribution in [-0.4, -0.2) is 0 Å². The number of hydrogen-bond acceptors (Lipinski definition) is 0. The van der Waals surface area contributed by atoms with Crippen LogP contribution in [0.15, 0.2) is 16.6 Å². The lowest BCUT2D eigenvalue weighted by Crippen LogP contribution is -1.95. The standard InChI is InChI=1S/C9H9BrClF/c1-2-6-7(5-11)8(10)3-4-9(6)12/h3-4H,2,5H2,1H3. The maximum absolute atomic E-state index is 13.1. The molecule has 0 aromatic heterocycles. The van der Waals surface area contributed by atoms with E-state index in [1.54, 1.807) is 6.07 Å². The third kappa shape index (κ3) is 1.80. The van der Waals surface area contributed by atoms with Gasteiger partial charge < -0.3 is 0 Å². The second-order valence-electron chi connectivity index (χ2n) is 2.47. The fourth-order valence-electron chi connectivity index (χ4n) is 1.16. The Bertz CT molecular complexity index is 257. The second-order valence-corrected chi connectivity index (χ2v) is 3.60. The molecule has 0 aliphatic rings. The SMILES string of the molecule is CCc1c(F)ccc(Br)c1CCl. The summed E-state index contributed by atoms with van der Waals surface area (Å²) in [6.07, 6.45) is 0.674. The van der Waals surface area contributed by atoms with Crippen molar-refractivity contribution in [3.05, 3.63) is 33.5 Å². The Balaban J connectivity index is 3.28. The van der Waals surface area contributed by atoms with E-state index < -0.39 is 0 Å². The predicted octanol–water partition coefficient (Wildman–Crippen LogP) is 3.89. The normalized spacial score (nSPS) is 10.3. The van der Waals surface area contributed by atoms with Crippen LogP contribution in [0.2, 0.25) is 0 Å². The third-order valence-electron chi connectivity index (χ3n) is 1.80. The maximum Gasteiger partial charge on any atom is 0.126 e. The zero-order valence-corrected chi connectivity index (χ0v) is 9.04. The summed E-state index contributed by atoms with van der Waals surface area (Å²) in [5, 5.41) is 0. The fraction of sp³-hybridized carbons (Fsp3) is 0.333. The van der Waals surface area contributed by atoms with E-state index in [1.165, 1.54) is 6.07 Å². The molecule has 0 spiro atoms. The van der Waals surface area contributed by atoms with Crippen LogP contribution in [0.4, 0.5) is 4.39 Å². The van der Waals surface area contributed by atoms with Crippen molar-refractivity contribution in [2.45, 2.75) is 19.2 Å². The van der Waals surface area contributed by atoms with Gasteiger partial charge in [-0.2, -0.15) is 0 Å². The Morgan fingerprint density at radius 1 is 1.42 bits per heavy atom. The van der Waals surface area contributed by atoms with Crippen molar-refractivity contribution < 1.29 is 4.39 Å². The number of alkyl halides is 1. The highest BCUT2D eigenvalue weighted by Gasteiger charge is 2.08. The van der Waals surface area contributed by atoms with E-state index in [9.17, 15) is 4.39 Å². The first-order valence-electron chi connectivity index (χ1n) is 3.72. The Labute approximate surface area is 84.9 Å². The first kappa shape index (κ1) is 10.0. The first-order valence-corrected chi connectivity index (χ1v) is 5.05. The highest BCUT2D eigenvalue weighted by molar-refractivity contribution is 9.10. The zero-order valence-electron chi connectivity index (χ0n) is 6.70. The van der Waals surface area contributed by atoms with E-state index in [0.29, 0.717) is 17.9 Å². The van der Waals surface area contributed by atoms with Gasteiger partial charge in [0.2, 0.25) is 0 Å². The van der Waals surface area contributed by atoms with Gasteiger partial charge in [0.15, 0.2) is 0 Å². The lowest BCUT2D eigenvalue weighted by molar-refractivity contribution is 0.609. The van der Waals surface area contributed by atoms with E-state index >= 15 is 0 Å². The van der Waals surface area contributed by atoms with Crippen molar-refractivity contribution in [3.8, 4) is 0 Å². The largest absolute Gasteiger partial charge is 0.207 e. The molecular weight excluding hydrogens is 242 g/mol. The summed E-state index contributed by atoms with van der Waals surface area (Å²) in [6, 6.07) is 3.14. The molecule has 0 heterocycles. The van der Waals surface area contributed by atoms with Crippen molar-refractivity contribution in [2.24, 2.45) is 0 Å². The molecule has 0 fully saturated rings. The van der Waals surface area contributed by atoms with Gasteiger partial charge in [0, 0.05) is 10.4 Å². The average Bonchev–Trinajstić information content (AvgIpc) is 2.08. The topological polar surface area (TPSA) is 0 Å². The van der Waals surface area contributed by atoms with Crippen molar-refractivity contribution >= 4 is 27.5 Å². The van der Waals surface area contributed by atoms with Crippen LogP contribution in [0, 0.1) is 5.82 Å². The van der Waals surface area contributed by atoms with Crippen LogP contribution < -0.4 is 0 Å². The lowest BCUT2D eigenvalue weighted by atomic mass is 10.1. The van der Waals surface area contributed by atoms with Gasteiger partial charge in [0.25, 0.3) is 0 Å². The Kier molecular flexibility index (Phi) is 3.53. The summed E-state index contributed by atoms with van der Waals surface area (Å²) >= 11 is 9.02. The molecule has 0 nitrogen and oxygen atoms in total. The van der Waals surface area contributed by atoms with E-state index in [1.807, 2.05) is 6.92 Å². The number of rotatable bonds is 2. The van der Waals surface area contributed by atoms with Gasteiger partial charge in [-0.15, -0.1) is 11.6 Å². The monoisotopic (exact) mass is 250 g/mol. The molecule has 0 aliphatic heterocycles. The summed E-state index contributed by atoms with van der Waals surface area (Å²) in [5.41, 5.74) is 1.57. The van der Waals surface area contributed by atoms with Gasteiger partial charge in [-0.05, 0) is 29.7 Å². The molecule has 0 radical (unpaired) electrons. The van der Waals surface area contributed by atoms with Crippen molar-refractivity contribution in [2.75, 3.05) is 0 Å². The summed E-state index contributed by atoms with van der Waals surface area (Å²) in [4.78, 5) is 0. The minimum atomic E-state index is -0.170. The highest BCUT2D eigenvalue weighted by atomic mass is 79.9. The molecule has 0 bridgehead atoms. The smallest absolute Gasteiger partial charge is 0.126 e. The van der Waals surface area contributed by atoms with Crippen molar-refractivity contribution in [1.29, 1.82) is 0 Å². The quantitative estimate of drug-likeness (QED) is 0.700. The number of benzene rings is 1. The molecule has 0 unspecified atom stereocenters. The first-order chi connectivity index (χ1) is 5.70. The molecule has 1 aromatic rings.